The van der Waals surface area contributed by atoms with E-state index in [2.05, 4.69) is 34.2 Å². The highest BCUT2D eigenvalue weighted by Gasteiger charge is 2.33. The number of methoxy groups -OCH3 is 1. The number of carbonyl (C=O) groups excluding carboxylic acids is 3. The summed E-state index contributed by atoms with van der Waals surface area (Å²) >= 11 is 1.68. The van der Waals surface area contributed by atoms with Crippen LogP contribution in [0.3, 0.4) is 0 Å². The zero-order chi connectivity index (χ0) is 33.2. The van der Waals surface area contributed by atoms with Gasteiger partial charge in [0.2, 0.25) is 6.29 Å². The van der Waals surface area contributed by atoms with Gasteiger partial charge in [-0.15, -0.1) is 11.3 Å². The van der Waals surface area contributed by atoms with Gasteiger partial charge in [0.05, 0.1) is 13.2 Å². The lowest BCUT2D eigenvalue weighted by Gasteiger charge is -2.36. The van der Waals surface area contributed by atoms with E-state index in [1.54, 1.807) is 25.4 Å². The average molecular weight is 640 g/mol. The van der Waals surface area contributed by atoms with E-state index in [0.717, 1.165) is 58.2 Å². The molecule has 0 saturated heterocycles. The number of ether oxygens (including phenoxy) is 1. The van der Waals surface area contributed by atoms with E-state index >= 15 is 0 Å². The van der Waals surface area contributed by atoms with Gasteiger partial charge in [0.15, 0.2) is 5.78 Å². The molecule has 1 aliphatic rings. The second-order valence-corrected chi connectivity index (χ2v) is 12.0. The van der Waals surface area contributed by atoms with Gasteiger partial charge in [0.25, 0.3) is 5.91 Å². The number of ketones is 1. The maximum Gasteiger partial charge on any atom is 0.368 e. The molecule has 5 rings (SSSR count). The number of aryl methyl sites for hydroxylation is 1. The molecule has 0 spiro atoms. The largest absolute Gasteiger partial charge is 0.497 e. The van der Waals surface area contributed by atoms with Crippen molar-refractivity contribution in [1.29, 1.82) is 0 Å². The van der Waals surface area contributed by atoms with E-state index in [9.17, 15) is 9.59 Å². The fraction of sp³-hybridized carbons (Fsp3) is 0.222. The molecule has 0 saturated carbocycles. The zero-order valence-electron chi connectivity index (χ0n) is 26.0. The van der Waals surface area contributed by atoms with E-state index in [-0.39, 0.29) is 24.0 Å². The normalized spacial score (nSPS) is 13.8. The van der Waals surface area contributed by atoms with Crippen molar-refractivity contribution < 1.29 is 29.0 Å². The van der Waals surface area contributed by atoms with Crippen LogP contribution in [0.2, 0.25) is 0 Å². The molecule has 1 amide bonds. The topological polar surface area (TPSA) is 125 Å². The monoisotopic (exact) mass is 639 g/mol. The minimum absolute atomic E-state index is 0.0308. The molecule has 1 unspecified atom stereocenters. The second kappa shape index (κ2) is 15.8. The number of thiophene rings is 1. The van der Waals surface area contributed by atoms with Crippen molar-refractivity contribution in [2.24, 2.45) is 0 Å². The number of amides is 1. The van der Waals surface area contributed by atoms with Gasteiger partial charge in [-0.2, -0.15) is 0 Å². The first-order valence-corrected chi connectivity index (χ1v) is 15.5. The Morgan fingerprint density at radius 1 is 1.02 bits per heavy atom. The Morgan fingerprint density at radius 2 is 1.67 bits per heavy atom. The van der Waals surface area contributed by atoms with E-state index in [1.165, 1.54) is 10.4 Å². The van der Waals surface area contributed by atoms with E-state index < -0.39 is 5.97 Å². The van der Waals surface area contributed by atoms with Gasteiger partial charge >= 0.3 is 5.97 Å². The molecule has 0 aliphatic carbocycles. The van der Waals surface area contributed by atoms with Gasteiger partial charge in [-0.05, 0) is 73.4 Å². The summed E-state index contributed by atoms with van der Waals surface area (Å²) in [6.07, 6.45) is 0.651. The van der Waals surface area contributed by atoms with Crippen LogP contribution in [0.15, 0.2) is 85.4 Å². The number of nitrogens with zero attached hydrogens (tertiary/aromatic N) is 1. The molecule has 1 atom stereocenters. The highest BCUT2D eigenvalue weighted by molar-refractivity contribution is 7.12. The summed E-state index contributed by atoms with van der Waals surface area (Å²) in [5, 5.41) is 13.8. The number of anilines is 1. The molecular formula is C36H37N3O6S. The number of nitrogens with one attached hydrogen (secondary N) is 2. The lowest BCUT2D eigenvalue weighted by Crippen LogP contribution is -2.41. The maximum atomic E-state index is 13.2. The Bertz CT molecular complexity index is 1700. The van der Waals surface area contributed by atoms with Crippen LogP contribution in [-0.4, -0.2) is 54.2 Å². The molecule has 9 nitrogen and oxygen atoms in total. The smallest absolute Gasteiger partial charge is 0.368 e. The number of benzene rings is 3. The molecule has 238 valence electrons. The Kier molecular flexibility index (Phi) is 11.6. The molecule has 1 aromatic heterocycles. The molecule has 2 heterocycles. The van der Waals surface area contributed by atoms with Crippen LogP contribution in [0.5, 0.6) is 5.75 Å². The first kappa shape index (κ1) is 33.8. The first-order chi connectivity index (χ1) is 22.1. The highest BCUT2D eigenvalue weighted by atomic mass is 32.1. The van der Waals surface area contributed by atoms with Crippen LogP contribution >= 0.6 is 11.3 Å². The summed E-state index contributed by atoms with van der Waals surface area (Å²) in [6, 6.07) is 25.4. The number of hydrogen-bond acceptors (Lipinski definition) is 8. The molecule has 4 aromatic rings. The predicted molar refractivity (Wildman–Crippen MR) is 180 cm³/mol. The van der Waals surface area contributed by atoms with Gasteiger partial charge in [0.1, 0.15) is 5.75 Å². The van der Waals surface area contributed by atoms with Crippen molar-refractivity contribution in [2.75, 3.05) is 25.5 Å². The first-order valence-electron chi connectivity index (χ1n) is 14.7. The summed E-state index contributed by atoms with van der Waals surface area (Å²) < 4.78 is 5.32. The molecule has 46 heavy (non-hydrogen) atoms. The quantitative estimate of drug-likeness (QED) is 0.101. The molecule has 1 aliphatic heterocycles. The van der Waals surface area contributed by atoms with E-state index in [4.69, 9.17) is 19.4 Å². The minimum atomic E-state index is -1.43. The van der Waals surface area contributed by atoms with Gasteiger partial charge in [0, 0.05) is 51.9 Å². The van der Waals surface area contributed by atoms with Crippen molar-refractivity contribution in [1.82, 2.24) is 10.2 Å². The lowest BCUT2D eigenvalue weighted by atomic mass is 9.94. The third-order valence-corrected chi connectivity index (χ3v) is 8.87. The number of fused-ring (bicyclic) bond motifs is 1. The summed E-state index contributed by atoms with van der Waals surface area (Å²) in [4.78, 5) is 48.2. The number of carboxylic acid groups (broad SMARTS) is 1. The van der Waals surface area contributed by atoms with Gasteiger partial charge < -0.3 is 20.5 Å². The summed E-state index contributed by atoms with van der Waals surface area (Å²) in [5.74, 6) is -0.626. The number of carboxylic acids is 1. The van der Waals surface area contributed by atoms with E-state index in [1.807, 2.05) is 73.7 Å². The van der Waals surface area contributed by atoms with Crippen molar-refractivity contribution in [2.45, 2.75) is 32.9 Å². The molecule has 3 aromatic carbocycles. The van der Waals surface area contributed by atoms with Crippen LogP contribution in [0.4, 0.5) is 5.69 Å². The Morgan fingerprint density at radius 3 is 2.26 bits per heavy atom. The van der Waals surface area contributed by atoms with Crippen molar-refractivity contribution in [3.63, 3.8) is 0 Å². The van der Waals surface area contributed by atoms with Crippen LogP contribution in [-0.2, 0) is 22.6 Å². The lowest BCUT2D eigenvalue weighted by molar-refractivity contribution is -0.143. The number of Topliss-reactive ketones (excluding diaryl/α,β-unsaturated/α-hetero) is 1. The Balaban J connectivity index is 0.000000892. The van der Waals surface area contributed by atoms with Gasteiger partial charge in [-0.3, -0.25) is 19.3 Å². The maximum absolute atomic E-state index is 13.2. The van der Waals surface area contributed by atoms with Crippen LogP contribution in [0.1, 0.15) is 60.1 Å². The Labute approximate surface area is 272 Å². The Hall–Kier alpha value is -5.06. The van der Waals surface area contributed by atoms with Gasteiger partial charge in [-0.1, -0.05) is 49.0 Å². The SMILES string of the molecule is C=C(Nc1ccc(C(=O)NCC2c3sc(C)c(C(C)=O)c3CCN2Cc2ccc(OC)cc2)cc1)c1ccccc1.O=CC(=O)O. The molecule has 0 radical (unpaired) electrons. The third kappa shape index (κ3) is 8.56. The minimum Gasteiger partial charge on any atom is -0.497 e. The van der Waals surface area contributed by atoms with Crippen molar-refractivity contribution in [3.8, 4) is 5.75 Å². The molecule has 0 bridgehead atoms. The second-order valence-electron chi connectivity index (χ2n) is 10.7. The van der Waals surface area contributed by atoms with Crippen LogP contribution in [0, 0.1) is 6.92 Å². The number of hydrogen-bond donors (Lipinski definition) is 3. The fourth-order valence-electron chi connectivity index (χ4n) is 5.43. The number of rotatable bonds is 11. The number of aldehydes is 1. The summed E-state index contributed by atoms with van der Waals surface area (Å²) in [5.41, 5.74) is 6.42. The zero-order valence-corrected chi connectivity index (χ0v) is 26.9. The fourth-order valence-corrected chi connectivity index (χ4v) is 6.82. The highest BCUT2D eigenvalue weighted by Crippen LogP contribution is 2.40. The van der Waals surface area contributed by atoms with E-state index in [0.29, 0.717) is 12.1 Å². The molecular weight excluding hydrogens is 602 g/mol. The number of aliphatic carboxylic acids is 1. The molecule has 3 N–H and O–H groups in total. The third-order valence-electron chi connectivity index (χ3n) is 7.62. The molecule has 0 fully saturated rings. The number of carbonyl (C=O) groups is 4. The van der Waals surface area contributed by atoms with Crippen LogP contribution < -0.4 is 15.4 Å². The van der Waals surface area contributed by atoms with Gasteiger partial charge in [-0.25, -0.2) is 4.79 Å². The van der Waals surface area contributed by atoms with Crippen molar-refractivity contribution >= 4 is 46.7 Å². The predicted octanol–water partition coefficient (Wildman–Crippen LogP) is 6.15. The average Bonchev–Trinajstić information content (AvgIpc) is 3.41. The molecule has 10 heteroatoms. The van der Waals surface area contributed by atoms with Crippen LogP contribution in [0.25, 0.3) is 5.70 Å². The summed E-state index contributed by atoms with van der Waals surface area (Å²) in [7, 11) is 1.66. The standard InChI is InChI=1S/C34H35N3O3S.C2H2O3/c1-22(26-8-6-5-7-9-26)36-28-14-12-27(13-15-28)34(39)35-20-31-33-30(32(23(2)38)24(3)41-33)18-19-37(31)21-25-10-16-29(40-4)17-11-25;3-1-2(4)5/h5-17,31,36H,1,18-21H2,2-4H3,(H,35,39);1H,(H,4,5). The van der Waals surface area contributed by atoms with Crippen molar-refractivity contribution in [3.05, 3.63) is 123 Å². The summed E-state index contributed by atoms with van der Waals surface area (Å²) in [6.45, 7) is 9.78.